The summed E-state index contributed by atoms with van der Waals surface area (Å²) in [4.78, 5) is 70.5. The minimum Gasteiger partial charge on any atom is -0.383 e. The monoisotopic (exact) mass is 938 g/mol. The molecule has 6 heterocycles. The minimum atomic E-state index is -1.09. The van der Waals surface area contributed by atoms with E-state index < -0.39 is 51.9 Å². The number of hydrogen-bond acceptors (Lipinski definition) is 16. The van der Waals surface area contributed by atoms with Crippen LogP contribution in [-0.4, -0.2) is 87.5 Å². The van der Waals surface area contributed by atoms with Gasteiger partial charge in [-0.05, 0) is 86.6 Å². The van der Waals surface area contributed by atoms with Gasteiger partial charge in [0.1, 0.15) is 56.3 Å². The number of ketones is 2. The summed E-state index contributed by atoms with van der Waals surface area (Å²) in [5.41, 5.74) is 11.9. The molecular weight excluding hydrogens is 901 g/mol. The van der Waals surface area contributed by atoms with Crippen LogP contribution >= 0.6 is 22.7 Å². The second-order valence-electron chi connectivity index (χ2n) is 15.0. The fraction of sp³-hybridized carbons (Fsp3) is 0.182. The molecule has 2 aliphatic rings. The standard InChI is InChI=1S/C44H38F4N12O4S2/c1-60-15-3-4-25(60)20-55-42(64)23-9-14-31(53-18-23)57-44-59-40(50)38(66-44)36(62)33-29(47)12-11-26(34(33)48)21-7-10-24(51-16-21)19-54-41(63)22-8-13-30(52-17-22)56-43-58-39(49)37(65-43)35(61)32-27(45)5-2-6-28(32)46/h2,5-14,17-18,25,51H,3-4,15-16,19-20,49-50H2,1H3,(H,54,63)(H,55,64)(H,52,56,58)(H,53,57,59)/t25-/m0/s1. The number of benzene rings is 2. The van der Waals surface area contributed by atoms with Crippen LogP contribution in [0.2, 0.25) is 0 Å². The zero-order valence-corrected chi connectivity index (χ0v) is 36.3. The van der Waals surface area contributed by atoms with E-state index in [-0.39, 0.29) is 73.6 Å². The maximum atomic E-state index is 16.1. The third-order valence-corrected chi connectivity index (χ3v) is 12.7. The van der Waals surface area contributed by atoms with Gasteiger partial charge >= 0.3 is 0 Å². The topological polar surface area (TPSA) is 235 Å². The molecule has 9 N–H and O–H groups in total. The van der Waals surface area contributed by atoms with E-state index in [1.807, 2.05) is 7.05 Å². The lowest BCUT2D eigenvalue weighted by molar-refractivity contribution is 0.0939. The zero-order valence-electron chi connectivity index (χ0n) is 34.7. The number of carbonyl (C=O) groups excluding carboxylic acids is 4. The summed E-state index contributed by atoms with van der Waals surface area (Å²) in [6.45, 7) is 1.64. The van der Waals surface area contributed by atoms with E-state index in [2.05, 4.69) is 51.4 Å². The molecule has 2 aromatic carbocycles. The van der Waals surface area contributed by atoms with Gasteiger partial charge in [0.25, 0.3) is 11.8 Å². The van der Waals surface area contributed by atoms with Gasteiger partial charge in [-0.2, -0.15) is 0 Å². The number of nitrogen functional groups attached to an aromatic ring is 2. The van der Waals surface area contributed by atoms with Crippen LogP contribution in [0.25, 0.3) is 5.57 Å². The Kier molecular flexibility index (Phi) is 13.1. The lowest BCUT2D eigenvalue weighted by Crippen LogP contribution is -2.38. The van der Waals surface area contributed by atoms with Crippen molar-refractivity contribution in [2.45, 2.75) is 18.9 Å². The van der Waals surface area contributed by atoms with Crippen molar-refractivity contribution in [1.82, 2.24) is 40.8 Å². The maximum absolute atomic E-state index is 16.1. The van der Waals surface area contributed by atoms with Crippen LogP contribution in [0.3, 0.4) is 0 Å². The number of carbonyl (C=O) groups is 4. The molecule has 1 saturated heterocycles. The predicted octanol–water partition coefficient (Wildman–Crippen LogP) is 6.18. The van der Waals surface area contributed by atoms with E-state index >= 15 is 8.78 Å². The van der Waals surface area contributed by atoms with E-state index in [1.165, 1.54) is 30.6 Å². The molecule has 0 radical (unpaired) electrons. The molecule has 2 aliphatic heterocycles. The molecule has 0 aliphatic carbocycles. The Morgan fingerprint density at radius 3 is 1.86 bits per heavy atom. The first-order valence-corrected chi connectivity index (χ1v) is 21.8. The van der Waals surface area contributed by atoms with Crippen LogP contribution < -0.4 is 38.1 Å². The SMILES string of the molecule is CN1CCC[C@H]1CNC(=O)c1ccc(Nc2nc(N)c(C(=O)c3c(F)ccc(C4=CC=C(CNC(=O)c5ccc(Nc6nc(N)c(C(=O)c7c(F)cccc7F)s6)nc5)NC4)c3F)s2)nc1. The number of anilines is 6. The highest BCUT2D eigenvalue weighted by atomic mass is 32.1. The van der Waals surface area contributed by atoms with Crippen molar-refractivity contribution in [1.29, 1.82) is 0 Å². The lowest BCUT2D eigenvalue weighted by atomic mass is 9.97. The second kappa shape index (κ2) is 19.3. The van der Waals surface area contributed by atoms with E-state index in [1.54, 1.807) is 24.3 Å². The third-order valence-electron chi connectivity index (χ3n) is 10.7. The van der Waals surface area contributed by atoms with Gasteiger partial charge in [-0.3, -0.25) is 19.2 Å². The van der Waals surface area contributed by atoms with Crippen molar-refractivity contribution in [2.24, 2.45) is 0 Å². The number of amides is 2. The van der Waals surface area contributed by atoms with Crippen molar-refractivity contribution in [2.75, 3.05) is 55.3 Å². The van der Waals surface area contributed by atoms with Gasteiger partial charge < -0.3 is 43.0 Å². The third kappa shape index (κ3) is 9.74. The Morgan fingerprint density at radius 1 is 0.758 bits per heavy atom. The van der Waals surface area contributed by atoms with Crippen molar-refractivity contribution in [3.05, 3.63) is 146 Å². The van der Waals surface area contributed by atoms with Crippen LogP contribution in [0.4, 0.5) is 51.1 Å². The number of aromatic nitrogens is 4. The molecule has 0 bridgehead atoms. The number of halogens is 4. The van der Waals surface area contributed by atoms with E-state index in [9.17, 15) is 28.0 Å². The first-order chi connectivity index (χ1) is 31.7. The molecule has 66 heavy (non-hydrogen) atoms. The lowest BCUT2D eigenvalue weighted by Gasteiger charge is -2.19. The summed E-state index contributed by atoms with van der Waals surface area (Å²) in [5, 5.41) is 14.8. The van der Waals surface area contributed by atoms with Gasteiger partial charge in [0, 0.05) is 42.8 Å². The molecule has 16 nitrogen and oxygen atoms in total. The minimum absolute atomic E-state index is 0.0290. The Labute approximate surface area is 381 Å². The van der Waals surface area contributed by atoms with Crippen molar-refractivity contribution in [3.8, 4) is 0 Å². The molecule has 22 heteroatoms. The molecule has 338 valence electrons. The zero-order chi connectivity index (χ0) is 46.6. The molecule has 2 amide bonds. The second-order valence-corrected chi connectivity index (χ2v) is 17.0. The summed E-state index contributed by atoms with van der Waals surface area (Å²) < 4.78 is 59.6. The number of nitrogens with zero attached hydrogens (tertiary/aromatic N) is 5. The number of nitrogens with one attached hydrogen (secondary N) is 5. The number of dihydropyridines is 1. The smallest absolute Gasteiger partial charge is 0.253 e. The normalized spacial score (nSPS) is 14.8. The van der Waals surface area contributed by atoms with Crippen molar-refractivity contribution < 1.29 is 36.7 Å². The van der Waals surface area contributed by atoms with Crippen LogP contribution in [0.1, 0.15) is 69.6 Å². The summed E-state index contributed by atoms with van der Waals surface area (Å²) >= 11 is 1.57. The average molecular weight is 939 g/mol. The molecule has 0 unspecified atom stereocenters. The van der Waals surface area contributed by atoms with Gasteiger partial charge in [0.05, 0.1) is 28.8 Å². The summed E-state index contributed by atoms with van der Waals surface area (Å²) in [5.74, 6) is -6.89. The number of pyridine rings is 2. The van der Waals surface area contributed by atoms with Gasteiger partial charge in [-0.15, -0.1) is 0 Å². The fourth-order valence-electron chi connectivity index (χ4n) is 7.13. The Hall–Kier alpha value is -7.56. The van der Waals surface area contributed by atoms with E-state index in [0.29, 0.717) is 29.2 Å². The first kappa shape index (κ1) is 45.0. The molecule has 6 aromatic rings. The Balaban J connectivity index is 0.859. The van der Waals surface area contributed by atoms with Gasteiger partial charge in [-0.25, -0.2) is 37.5 Å². The molecule has 1 atom stereocenters. The van der Waals surface area contributed by atoms with E-state index in [4.69, 9.17) is 11.5 Å². The molecule has 0 spiro atoms. The van der Waals surface area contributed by atoms with Crippen LogP contribution in [-0.2, 0) is 0 Å². The largest absolute Gasteiger partial charge is 0.383 e. The number of allylic oxidation sites excluding steroid dienone is 2. The maximum Gasteiger partial charge on any atom is 0.253 e. The van der Waals surface area contributed by atoms with Crippen LogP contribution in [0, 0.1) is 23.3 Å². The molecular formula is C44H38F4N12O4S2. The average Bonchev–Trinajstić information content (AvgIpc) is 4.01. The quantitative estimate of drug-likeness (QED) is 0.0450. The highest BCUT2D eigenvalue weighted by Crippen LogP contribution is 2.34. The number of hydrogen-bond donors (Lipinski definition) is 7. The Morgan fingerprint density at radius 2 is 1.33 bits per heavy atom. The summed E-state index contributed by atoms with van der Waals surface area (Å²) in [6.07, 6.45) is 7.98. The highest BCUT2D eigenvalue weighted by Gasteiger charge is 2.28. The van der Waals surface area contributed by atoms with Crippen molar-refractivity contribution >= 4 is 85.2 Å². The number of thiazole rings is 2. The fourth-order valence-corrected chi connectivity index (χ4v) is 8.81. The molecule has 8 rings (SSSR count). The molecule has 1 fully saturated rings. The number of nitrogens with two attached hydrogens (primary N) is 2. The van der Waals surface area contributed by atoms with Crippen molar-refractivity contribution in [3.63, 3.8) is 0 Å². The summed E-state index contributed by atoms with van der Waals surface area (Å²) in [7, 11) is 2.03. The van der Waals surface area contributed by atoms with E-state index in [0.717, 1.165) is 66.3 Å². The van der Waals surface area contributed by atoms with Gasteiger partial charge in [0.2, 0.25) is 11.6 Å². The highest BCUT2D eigenvalue weighted by molar-refractivity contribution is 7.18. The number of rotatable bonds is 15. The predicted molar refractivity (Wildman–Crippen MR) is 242 cm³/mol. The van der Waals surface area contributed by atoms with Gasteiger partial charge in [0.15, 0.2) is 10.3 Å². The van der Waals surface area contributed by atoms with Crippen LogP contribution in [0.5, 0.6) is 0 Å². The first-order valence-electron chi connectivity index (χ1n) is 20.1. The van der Waals surface area contributed by atoms with Crippen LogP contribution in [0.15, 0.2) is 84.8 Å². The number of likely N-dealkylation sites (N-methyl/N-ethyl adjacent to an activating group) is 1. The molecule has 4 aromatic heterocycles. The summed E-state index contributed by atoms with van der Waals surface area (Å²) in [6, 6.07) is 11.7. The van der Waals surface area contributed by atoms with Gasteiger partial charge in [-0.1, -0.05) is 34.8 Å². The Bertz CT molecular complexity index is 2920. The number of likely N-dealkylation sites (tertiary alicyclic amines) is 1. The molecule has 0 saturated carbocycles.